The van der Waals surface area contributed by atoms with Crippen molar-refractivity contribution >= 4 is 27.9 Å². The zero-order chi connectivity index (χ0) is 12.5. The molecule has 92 valence electrons. The van der Waals surface area contributed by atoms with E-state index in [1.807, 2.05) is 13.1 Å². The maximum absolute atomic E-state index is 4.43. The third-order valence-corrected chi connectivity index (χ3v) is 3.97. The van der Waals surface area contributed by atoms with Gasteiger partial charge in [0, 0.05) is 16.0 Å². The maximum Gasteiger partial charge on any atom is 0.0900 e. The highest BCUT2D eigenvalue weighted by Crippen LogP contribution is 2.20. The Morgan fingerprint density at radius 3 is 3.00 bits per heavy atom. The number of hydrogen-bond acceptors (Lipinski definition) is 4. The fourth-order valence-corrected chi connectivity index (χ4v) is 2.84. The van der Waals surface area contributed by atoms with Gasteiger partial charge < -0.3 is 5.32 Å². The highest BCUT2D eigenvalue weighted by atomic mass is 32.1. The van der Waals surface area contributed by atoms with Gasteiger partial charge in [-0.15, -0.1) is 11.3 Å². The van der Waals surface area contributed by atoms with Crippen LogP contribution in [-0.2, 0) is 6.54 Å². The summed E-state index contributed by atoms with van der Waals surface area (Å²) >= 11 is 1.75. The molecule has 0 saturated carbocycles. The number of aromatic amines is 1. The molecule has 3 aromatic rings. The molecule has 0 fully saturated rings. The van der Waals surface area contributed by atoms with Crippen LogP contribution in [0.25, 0.3) is 10.9 Å². The lowest BCUT2D eigenvalue weighted by molar-refractivity contribution is 1.10. The van der Waals surface area contributed by atoms with Crippen LogP contribution in [0, 0.1) is 13.8 Å². The van der Waals surface area contributed by atoms with E-state index in [1.54, 1.807) is 11.3 Å². The molecule has 0 bridgehead atoms. The Balaban J connectivity index is 1.78. The van der Waals surface area contributed by atoms with Crippen molar-refractivity contribution in [3.05, 3.63) is 40.0 Å². The molecule has 0 atom stereocenters. The summed E-state index contributed by atoms with van der Waals surface area (Å²) in [6.45, 7) is 4.91. The minimum atomic E-state index is 0.816. The number of rotatable bonds is 3. The second-order valence-corrected chi connectivity index (χ2v) is 5.55. The van der Waals surface area contributed by atoms with Gasteiger partial charge in [-0.05, 0) is 32.0 Å². The number of fused-ring (bicyclic) bond motifs is 1. The van der Waals surface area contributed by atoms with Crippen molar-refractivity contribution in [2.75, 3.05) is 5.32 Å². The standard InChI is InChI=1S/C13H14N4S/c1-8-13(18-9(2)16-8)7-14-11-4-3-10-6-15-17-12(10)5-11/h3-6,14H,7H2,1-2H3,(H,15,17). The summed E-state index contributed by atoms with van der Waals surface area (Å²) in [5.74, 6) is 0. The Morgan fingerprint density at radius 1 is 1.33 bits per heavy atom. The Kier molecular flexibility index (Phi) is 2.76. The summed E-state index contributed by atoms with van der Waals surface area (Å²) in [6, 6.07) is 6.21. The van der Waals surface area contributed by atoms with Crippen molar-refractivity contribution in [1.82, 2.24) is 15.2 Å². The molecule has 0 aliphatic carbocycles. The molecule has 0 aliphatic heterocycles. The highest BCUT2D eigenvalue weighted by Gasteiger charge is 2.04. The number of nitrogens with zero attached hydrogens (tertiary/aromatic N) is 2. The molecule has 1 aromatic carbocycles. The Bertz CT molecular complexity index is 683. The van der Waals surface area contributed by atoms with Gasteiger partial charge in [0.15, 0.2) is 0 Å². The van der Waals surface area contributed by atoms with E-state index >= 15 is 0 Å². The maximum atomic E-state index is 4.43. The van der Waals surface area contributed by atoms with Crippen LogP contribution in [0.5, 0.6) is 0 Å². The monoisotopic (exact) mass is 258 g/mol. The fraction of sp³-hybridized carbons (Fsp3) is 0.231. The largest absolute Gasteiger partial charge is 0.380 e. The molecule has 2 aromatic heterocycles. The van der Waals surface area contributed by atoms with E-state index in [-0.39, 0.29) is 0 Å². The topological polar surface area (TPSA) is 53.6 Å². The van der Waals surface area contributed by atoms with Gasteiger partial charge in [-0.1, -0.05) is 0 Å². The summed E-state index contributed by atoms with van der Waals surface area (Å²) in [4.78, 5) is 5.72. The lowest BCUT2D eigenvalue weighted by Crippen LogP contribution is -1.98. The number of hydrogen-bond donors (Lipinski definition) is 2. The third kappa shape index (κ3) is 2.09. The lowest BCUT2D eigenvalue weighted by atomic mass is 10.2. The summed E-state index contributed by atoms with van der Waals surface area (Å²) in [5.41, 5.74) is 3.27. The zero-order valence-electron chi connectivity index (χ0n) is 10.3. The normalized spacial score (nSPS) is 11.0. The predicted octanol–water partition coefficient (Wildman–Crippen LogP) is 3.25. The lowest BCUT2D eigenvalue weighted by Gasteiger charge is -2.05. The molecule has 18 heavy (non-hydrogen) atoms. The number of aromatic nitrogens is 3. The van der Waals surface area contributed by atoms with Gasteiger partial charge >= 0.3 is 0 Å². The van der Waals surface area contributed by atoms with Crippen molar-refractivity contribution in [2.45, 2.75) is 20.4 Å². The number of thiazole rings is 1. The zero-order valence-corrected chi connectivity index (χ0v) is 11.1. The summed E-state index contributed by atoms with van der Waals surface area (Å²) in [5, 5.41) is 12.7. The number of nitrogens with one attached hydrogen (secondary N) is 2. The van der Waals surface area contributed by atoms with Crippen molar-refractivity contribution in [1.29, 1.82) is 0 Å². The molecule has 2 N–H and O–H groups in total. The van der Waals surface area contributed by atoms with E-state index in [4.69, 9.17) is 0 Å². The van der Waals surface area contributed by atoms with E-state index in [0.717, 1.165) is 33.8 Å². The average Bonchev–Trinajstić information content (AvgIpc) is 2.92. The fourth-order valence-electron chi connectivity index (χ4n) is 1.97. The molecule has 0 amide bonds. The SMILES string of the molecule is Cc1nc(C)c(CNc2ccc3cn[nH]c3c2)s1. The van der Waals surface area contributed by atoms with E-state index in [1.165, 1.54) is 4.88 Å². The molecule has 0 spiro atoms. The second kappa shape index (κ2) is 4.42. The molecule has 0 radical (unpaired) electrons. The first-order valence-corrected chi connectivity index (χ1v) is 6.64. The van der Waals surface area contributed by atoms with Crippen molar-refractivity contribution < 1.29 is 0 Å². The van der Waals surface area contributed by atoms with Crippen LogP contribution < -0.4 is 5.32 Å². The van der Waals surface area contributed by atoms with Gasteiger partial charge in [0.2, 0.25) is 0 Å². The van der Waals surface area contributed by atoms with E-state index in [0.29, 0.717) is 0 Å². The minimum Gasteiger partial charge on any atom is -0.380 e. The van der Waals surface area contributed by atoms with Crippen LogP contribution in [0.3, 0.4) is 0 Å². The third-order valence-electron chi connectivity index (χ3n) is 2.89. The molecule has 4 nitrogen and oxygen atoms in total. The van der Waals surface area contributed by atoms with Gasteiger partial charge in [-0.2, -0.15) is 5.10 Å². The quantitative estimate of drug-likeness (QED) is 0.758. The van der Waals surface area contributed by atoms with E-state index in [2.05, 4.69) is 45.6 Å². The van der Waals surface area contributed by atoms with Crippen molar-refractivity contribution in [2.24, 2.45) is 0 Å². The molecule has 0 saturated heterocycles. The number of benzene rings is 1. The van der Waals surface area contributed by atoms with Crippen LogP contribution in [-0.4, -0.2) is 15.2 Å². The molecular weight excluding hydrogens is 244 g/mol. The Morgan fingerprint density at radius 2 is 2.22 bits per heavy atom. The average molecular weight is 258 g/mol. The smallest absolute Gasteiger partial charge is 0.0900 e. The second-order valence-electron chi connectivity index (χ2n) is 4.27. The molecule has 5 heteroatoms. The van der Waals surface area contributed by atoms with E-state index in [9.17, 15) is 0 Å². The van der Waals surface area contributed by atoms with Gasteiger partial charge in [0.1, 0.15) is 0 Å². The van der Waals surface area contributed by atoms with Crippen LogP contribution in [0.1, 0.15) is 15.6 Å². The molecular formula is C13H14N4S. The van der Waals surface area contributed by atoms with Crippen molar-refractivity contribution in [3.63, 3.8) is 0 Å². The number of H-pyrrole nitrogens is 1. The highest BCUT2D eigenvalue weighted by molar-refractivity contribution is 7.11. The first kappa shape index (κ1) is 11.2. The predicted molar refractivity (Wildman–Crippen MR) is 75.0 cm³/mol. The van der Waals surface area contributed by atoms with Crippen LogP contribution in [0.2, 0.25) is 0 Å². The van der Waals surface area contributed by atoms with Gasteiger partial charge in [0.05, 0.1) is 29.0 Å². The van der Waals surface area contributed by atoms with Crippen LogP contribution in [0.15, 0.2) is 24.4 Å². The first-order valence-electron chi connectivity index (χ1n) is 5.82. The van der Waals surface area contributed by atoms with Crippen LogP contribution in [0.4, 0.5) is 5.69 Å². The molecule has 3 rings (SSSR count). The minimum absolute atomic E-state index is 0.816. The van der Waals surface area contributed by atoms with E-state index < -0.39 is 0 Å². The van der Waals surface area contributed by atoms with Crippen molar-refractivity contribution in [3.8, 4) is 0 Å². The number of anilines is 1. The molecule has 2 heterocycles. The van der Waals surface area contributed by atoms with Gasteiger partial charge in [0.25, 0.3) is 0 Å². The van der Waals surface area contributed by atoms with Gasteiger partial charge in [-0.25, -0.2) is 4.98 Å². The Labute approximate surface area is 109 Å². The number of aryl methyl sites for hydroxylation is 2. The molecule has 0 unspecified atom stereocenters. The summed E-state index contributed by atoms with van der Waals surface area (Å²) < 4.78 is 0. The van der Waals surface area contributed by atoms with Crippen LogP contribution >= 0.6 is 11.3 Å². The first-order chi connectivity index (χ1) is 8.72. The van der Waals surface area contributed by atoms with Gasteiger partial charge in [-0.3, -0.25) is 5.10 Å². The summed E-state index contributed by atoms with van der Waals surface area (Å²) in [7, 11) is 0. The summed E-state index contributed by atoms with van der Waals surface area (Å²) in [6.07, 6.45) is 1.83. The Hall–Kier alpha value is -1.88. The molecule has 0 aliphatic rings.